The minimum Gasteiger partial charge on any atom is -0.356 e. The molecule has 0 saturated carbocycles. The molecular weight excluding hydrogens is 350 g/mol. The largest absolute Gasteiger partial charge is 0.356 e. The Morgan fingerprint density at radius 3 is 2.50 bits per heavy atom. The molecular formula is C23H25N3O2. The monoisotopic (exact) mass is 375 g/mol. The van der Waals surface area contributed by atoms with E-state index in [0.717, 1.165) is 11.1 Å². The van der Waals surface area contributed by atoms with E-state index in [1.165, 1.54) is 11.6 Å². The van der Waals surface area contributed by atoms with E-state index in [4.69, 9.17) is 0 Å². The van der Waals surface area contributed by atoms with E-state index in [1.807, 2.05) is 30.3 Å². The van der Waals surface area contributed by atoms with Crippen LogP contribution in [0.5, 0.6) is 0 Å². The Bertz CT molecular complexity index is 996. The van der Waals surface area contributed by atoms with Crippen LogP contribution in [0.25, 0.3) is 0 Å². The predicted octanol–water partition coefficient (Wildman–Crippen LogP) is 3.27. The Balaban J connectivity index is 1.68. The highest BCUT2D eigenvalue weighted by Gasteiger charge is 2.19. The molecule has 3 rings (SSSR count). The van der Waals surface area contributed by atoms with Crippen LogP contribution in [-0.4, -0.2) is 22.4 Å². The Labute approximate surface area is 164 Å². The maximum absolute atomic E-state index is 12.6. The van der Waals surface area contributed by atoms with Crippen molar-refractivity contribution in [3.05, 3.63) is 99.2 Å². The standard InChI is InChI=1S/C23H25N3O2/c1-16-8-6-7-11-20(16)21(18-9-4-3-5-10-18)15-22(27)24-13-12-19-14-23(28)26-17(2)25-19/h3-11,14,21H,12-13,15H2,1-2H3,(H,24,27)(H,25,26,28). The number of amides is 1. The van der Waals surface area contributed by atoms with Gasteiger partial charge in [-0.05, 0) is 30.5 Å². The van der Waals surface area contributed by atoms with Crippen molar-refractivity contribution in [3.63, 3.8) is 0 Å². The molecule has 3 aromatic rings. The Morgan fingerprint density at radius 1 is 1.07 bits per heavy atom. The molecule has 2 aromatic carbocycles. The van der Waals surface area contributed by atoms with Crippen molar-refractivity contribution >= 4 is 5.91 Å². The van der Waals surface area contributed by atoms with E-state index in [0.29, 0.717) is 30.9 Å². The molecule has 1 amide bonds. The van der Waals surface area contributed by atoms with Gasteiger partial charge >= 0.3 is 0 Å². The van der Waals surface area contributed by atoms with Gasteiger partial charge in [0.2, 0.25) is 5.91 Å². The van der Waals surface area contributed by atoms with Crippen LogP contribution in [-0.2, 0) is 11.2 Å². The van der Waals surface area contributed by atoms with E-state index < -0.39 is 0 Å². The molecule has 144 valence electrons. The van der Waals surface area contributed by atoms with Gasteiger partial charge in [-0.2, -0.15) is 0 Å². The smallest absolute Gasteiger partial charge is 0.251 e. The highest BCUT2D eigenvalue weighted by molar-refractivity contribution is 5.77. The maximum Gasteiger partial charge on any atom is 0.251 e. The van der Waals surface area contributed by atoms with Crippen molar-refractivity contribution in [3.8, 4) is 0 Å². The summed E-state index contributed by atoms with van der Waals surface area (Å²) in [5.74, 6) is 0.568. The topological polar surface area (TPSA) is 74.8 Å². The van der Waals surface area contributed by atoms with Crippen molar-refractivity contribution in [2.75, 3.05) is 6.54 Å². The lowest BCUT2D eigenvalue weighted by Crippen LogP contribution is -2.28. The number of H-pyrrole nitrogens is 1. The number of nitrogens with zero attached hydrogens (tertiary/aromatic N) is 1. The number of aromatic amines is 1. The Morgan fingerprint density at radius 2 is 1.79 bits per heavy atom. The van der Waals surface area contributed by atoms with E-state index >= 15 is 0 Å². The summed E-state index contributed by atoms with van der Waals surface area (Å²) in [5.41, 5.74) is 3.97. The number of carbonyl (C=O) groups excluding carboxylic acids is 1. The predicted molar refractivity (Wildman–Crippen MR) is 110 cm³/mol. The first-order valence-corrected chi connectivity index (χ1v) is 9.47. The summed E-state index contributed by atoms with van der Waals surface area (Å²) in [5, 5.41) is 2.97. The number of carbonyl (C=O) groups is 1. The minimum atomic E-state index is -0.169. The maximum atomic E-state index is 12.6. The number of benzene rings is 2. The Kier molecular flexibility index (Phi) is 6.37. The van der Waals surface area contributed by atoms with Gasteiger partial charge in [-0.1, -0.05) is 54.6 Å². The highest BCUT2D eigenvalue weighted by atomic mass is 16.1. The fourth-order valence-electron chi connectivity index (χ4n) is 3.43. The zero-order valence-electron chi connectivity index (χ0n) is 16.2. The molecule has 0 spiro atoms. The van der Waals surface area contributed by atoms with Crippen molar-refractivity contribution in [2.45, 2.75) is 32.6 Å². The van der Waals surface area contributed by atoms with Crippen LogP contribution < -0.4 is 10.9 Å². The van der Waals surface area contributed by atoms with E-state index in [-0.39, 0.29) is 17.4 Å². The lowest BCUT2D eigenvalue weighted by Gasteiger charge is -2.20. The van der Waals surface area contributed by atoms with Gasteiger partial charge < -0.3 is 10.3 Å². The normalized spacial score (nSPS) is 11.8. The molecule has 5 nitrogen and oxygen atoms in total. The second-order valence-electron chi connectivity index (χ2n) is 6.95. The number of hydrogen-bond acceptors (Lipinski definition) is 3. The fraction of sp³-hybridized carbons (Fsp3) is 0.261. The molecule has 1 atom stereocenters. The fourth-order valence-corrected chi connectivity index (χ4v) is 3.43. The van der Waals surface area contributed by atoms with Gasteiger partial charge in [0.15, 0.2) is 0 Å². The van der Waals surface area contributed by atoms with E-state index in [9.17, 15) is 9.59 Å². The highest BCUT2D eigenvalue weighted by Crippen LogP contribution is 2.30. The molecule has 0 radical (unpaired) electrons. The van der Waals surface area contributed by atoms with Gasteiger partial charge in [0.1, 0.15) is 5.82 Å². The molecule has 1 aromatic heterocycles. The molecule has 0 bridgehead atoms. The third kappa shape index (κ3) is 5.16. The third-order valence-corrected chi connectivity index (χ3v) is 4.77. The van der Waals surface area contributed by atoms with Crippen molar-refractivity contribution in [1.29, 1.82) is 0 Å². The lowest BCUT2D eigenvalue weighted by atomic mass is 9.86. The van der Waals surface area contributed by atoms with Gasteiger partial charge in [-0.25, -0.2) is 4.98 Å². The van der Waals surface area contributed by atoms with Crippen LogP contribution in [0.1, 0.15) is 40.5 Å². The molecule has 0 aliphatic rings. The van der Waals surface area contributed by atoms with Crippen molar-refractivity contribution in [2.24, 2.45) is 0 Å². The number of nitrogens with one attached hydrogen (secondary N) is 2. The first-order chi connectivity index (χ1) is 13.5. The molecule has 1 heterocycles. The Hall–Kier alpha value is -3.21. The second kappa shape index (κ2) is 9.13. The van der Waals surface area contributed by atoms with Crippen LogP contribution in [0.3, 0.4) is 0 Å². The van der Waals surface area contributed by atoms with Crippen LogP contribution in [0.4, 0.5) is 0 Å². The third-order valence-electron chi connectivity index (χ3n) is 4.77. The summed E-state index contributed by atoms with van der Waals surface area (Å²) in [6, 6.07) is 19.8. The van der Waals surface area contributed by atoms with Crippen molar-refractivity contribution in [1.82, 2.24) is 15.3 Å². The van der Waals surface area contributed by atoms with Crippen LogP contribution in [0, 0.1) is 13.8 Å². The zero-order chi connectivity index (χ0) is 19.9. The number of aromatic nitrogens is 2. The lowest BCUT2D eigenvalue weighted by molar-refractivity contribution is -0.121. The average molecular weight is 375 g/mol. The van der Waals surface area contributed by atoms with Crippen LogP contribution in [0.2, 0.25) is 0 Å². The second-order valence-corrected chi connectivity index (χ2v) is 6.95. The van der Waals surface area contributed by atoms with Gasteiger partial charge in [0.25, 0.3) is 5.56 Å². The summed E-state index contributed by atoms with van der Waals surface area (Å²) in [7, 11) is 0. The minimum absolute atomic E-state index is 0.00217. The quantitative estimate of drug-likeness (QED) is 0.666. The van der Waals surface area contributed by atoms with E-state index in [2.05, 4.69) is 46.5 Å². The summed E-state index contributed by atoms with van der Waals surface area (Å²) in [6.07, 6.45) is 0.896. The first kappa shape index (κ1) is 19.5. The average Bonchev–Trinajstić information content (AvgIpc) is 2.67. The zero-order valence-corrected chi connectivity index (χ0v) is 16.2. The van der Waals surface area contributed by atoms with Crippen molar-refractivity contribution < 1.29 is 4.79 Å². The van der Waals surface area contributed by atoms with Gasteiger partial charge in [-0.15, -0.1) is 0 Å². The van der Waals surface area contributed by atoms with Gasteiger partial charge in [-0.3, -0.25) is 9.59 Å². The van der Waals surface area contributed by atoms with Gasteiger partial charge in [0.05, 0.1) is 0 Å². The summed E-state index contributed by atoms with van der Waals surface area (Å²) < 4.78 is 0. The molecule has 2 N–H and O–H groups in total. The molecule has 0 aliphatic carbocycles. The van der Waals surface area contributed by atoms with Crippen LogP contribution in [0.15, 0.2) is 65.5 Å². The summed E-state index contributed by atoms with van der Waals surface area (Å²) in [4.78, 5) is 31.1. The molecule has 28 heavy (non-hydrogen) atoms. The number of rotatable bonds is 7. The summed E-state index contributed by atoms with van der Waals surface area (Å²) in [6.45, 7) is 4.27. The number of hydrogen-bond donors (Lipinski definition) is 2. The molecule has 5 heteroatoms. The molecule has 0 aliphatic heterocycles. The molecule has 0 fully saturated rings. The molecule has 1 unspecified atom stereocenters. The SMILES string of the molecule is Cc1nc(CCNC(=O)CC(c2ccccc2)c2ccccc2C)cc(=O)[nH]1. The summed E-state index contributed by atoms with van der Waals surface area (Å²) >= 11 is 0. The van der Waals surface area contributed by atoms with Gasteiger partial charge in [0, 0.05) is 37.1 Å². The molecule has 0 saturated heterocycles. The number of aryl methyl sites for hydroxylation is 2. The van der Waals surface area contributed by atoms with Crippen LogP contribution >= 0.6 is 0 Å². The first-order valence-electron chi connectivity index (χ1n) is 9.47. The van der Waals surface area contributed by atoms with E-state index in [1.54, 1.807) is 6.92 Å².